The molecule has 4 amide bonds. The zero-order chi connectivity index (χ0) is 47.5. The highest BCUT2D eigenvalue weighted by Crippen LogP contribution is 2.33. The van der Waals surface area contributed by atoms with Crippen LogP contribution in [-0.4, -0.2) is 123 Å². The van der Waals surface area contributed by atoms with Crippen LogP contribution in [0.3, 0.4) is 0 Å². The van der Waals surface area contributed by atoms with Crippen molar-refractivity contribution in [2.75, 3.05) is 60.2 Å². The first kappa shape index (κ1) is 52.3. The number of hydrogen-bond donors (Lipinski definition) is 1. The fraction of sp³-hybridized carbons (Fsp3) is 0.640. The first-order valence-electron chi connectivity index (χ1n) is 23.6. The van der Waals surface area contributed by atoms with Crippen molar-refractivity contribution in [1.29, 1.82) is 0 Å². The topological polar surface area (TPSA) is 170 Å². The van der Waals surface area contributed by atoms with Gasteiger partial charge in [-0.3, -0.25) is 14.4 Å². The molecule has 65 heavy (non-hydrogen) atoms. The van der Waals surface area contributed by atoms with E-state index in [0.29, 0.717) is 107 Å². The zero-order valence-corrected chi connectivity index (χ0v) is 40.1. The van der Waals surface area contributed by atoms with Gasteiger partial charge in [-0.2, -0.15) is 0 Å². The minimum absolute atomic E-state index is 0.0812. The molecule has 2 heterocycles. The Balaban J connectivity index is 1.33. The van der Waals surface area contributed by atoms with Crippen molar-refractivity contribution >= 4 is 35.6 Å². The third-order valence-electron chi connectivity index (χ3n) is 12.4. The molecule has 360 valence electrons. The van der Waals surface area contributed by atoms with Crippen molar-refractivity contribution in [3.05, 3.63) is 53.6 Å². The molecule has 1 N–H and O–H groups in total. The quantitative estimate of drug-likeness (QED) is 0.0565. The SMILES string of the molecule is CCCCOC(=O)[C@H](C(C)C)N1CCCN(CCCCC(=O)NCCOc2cccc([C@@H](CCc3ccc(OC)c(OC)c3)OC(=O)[C@@H]3CCCCN3C(=O)C(=O)C(C)(C)CC)c2)C1=O. The molecule has 2 saturated heterocycles. The fourth-order valence-corrected chi connectivity index (χ4v) is 8.12. The lowest BCUT2D eigenvalue weighted by molar-refractivity contribution is -0.164. The molecule has 2 aliphatic rings. The molecule has 2 aromatic carbocycles. The number of benzene rings is 2. The van der Waals surface area contributed by atoms with Crippen LogP contribution in [0.1, 0.15) is 129 Å². The zero-order valence-electron chi connectivity index (χ0n) is 40.1. The number of ketones is 1. The summed E-state index contributed by atoms with van der Waals surface area (Å²) in [4.78, 5) is 84.7. The molecule has 0 bridgehead atoms. The highest BCUT2D eigenvalue weighted by molar-refractivity contribution is 6.38. The van der Waals surface area contributed by atoms with Crippen LogP contribution in [0.15, 0.2) is 42.5 Å². The van der Waals surface area contributed by atoms with Crippen LogP contribution in [-0.2, 0) is 39.9 Å². The van der Waals surface area contributed by atoms with Gasteiger partial charge < -0.3 is 43.7 Å². The average Bonchev–Trinajstić information content (AvgIpc) is 3.30. The highest BCUT2D eigenvalue weighted by atomic mass is 16.5. The Morgan fingerprint density at radius 1 is 0.877 bits per heavy atom. The van der Waals surface area contributed by atoms with Crippen LogP contribution in [0.25, 0.3) is 0 Å². The number of aryl methyl sites for hydroxylation is 1. The second kappa shape index (κ2) is 26.0. The Bertz CT molecular complexity index is 1900. The number of methoxy groups -OCH3 is 2. The standard InChI is InChI=1S/C50H74N4O11/c1-9-11-31-64-48(59)44(35(3)4)54-30-17-28-52(49(54)60)27-14-13-21-43(55)51-26-32-63-38-19-16-18-37(34-38)40(24-22-36-23-25-41(61-7)42(33-36)62-8)65-47(58)39-20-12-15-29-53(39)46(57)45(56)50(5,6)10-2/h16,18-19,23,25,33-35,39-40,44H,9-15,17,20-22,24,26-32H2,1-8H3,(H,51,55)/t39-,40+,44-/m0/s1. The van der Waals surface area contributed by atoms with Gasteiger partial charge in [-0.1, -0.05) is 66.2 Å². The van der Waals surface area contributed by atoms with E-state index in [4.69, 9.17) is 23.7 Å². The number of unbranched alkanes of at least 4 members (excludes halogenated alkanes) is 2. The number of ether oxygens (including phenoxy) is 5. The number of rotatable bonds is 26. The van der Waals surface area contributed by atoms with Gasteiger partial charge in [0.2, 0.25) is 11.7 Å². The molecule has 0 saturated carbocycles. The number of piperidine rings is 1. The normalized spacial score (nSPS) is 16.4. The molecule has 0 spiro atoms. The maximum atomic E-state index is 14.0. The maximum absolute atomic E-state index is 14.0. The van der Waals surface area contributed by atoms with Crippen LogP contribution in [0, 0.1) is 11.3 Å². The molecule has 0 aromatic heterocycles. The molecule has 15 heteroatoms. The Labute approximate surface area is 386 Å². The van der Waals surface area contributed by atoms with Crippen LogP contribution in [0.2, 0.25) is 0 Å². The van der Waals surface area contributed by atoms with E-state index in [0.717, 1.165) is 31.2 Å². The summed E-state index contributed by atoms with van der Waals surface area (Å²) < 4.78 is 28.7. The van der Waals surface area contributed by atoms with E-state index in [1.807, 2.05) is 64.1 Å². The number of esters is 2. The largest absolute Gasteiger partial charge is 0.493 e. The van der Waals surface area contributed by atoms with E-state index < -0.39 is 41.3 Å². The van der Waals surface area contributed by atoms with Crippen molar-refractivity contribution in [2.45, 2.75) is 137 Å². The number of nitrogens with one attached hydrogen (secondary N) is 1. The van der Waals surface area contributed by atoms with E-state index in [2.05, 4.69) is 5.32 Å². The van der Waals surface area contributed by atoms with E-state index >= 15 is 0 Å². The van der Waals surface area contributed by atoms with E-state index in [9.17, 15) is 28.8 Å². The Morgan fingerprint density at radius 2 is 1.65 bits per heavy atom. The molecular formula is C50H74N4O11. The number of nitrogens with zero attached hydrogens (tertiary/aromatic N) is 3. The number of hydrogen-bond acceptors (Lipinski definition) is 11. The first-order chi connectivity index (χ1) is 31.1. The Morgan fingerprint density at radius 3 is 2.35 bits per heavy atom. The first-order valence-corrected chi connectivity index (χ1v) is 23.6. The number of Topliss-reactive ketones (excluding diaryl/α,β-unsaturated/α-hetero) is 1. The fourth-order valence-electron chi connectivity index (χ4n) is 8.12. The number of amides is 4. The summed E-state index contributed by atoms with van der Waals surface area (Å²) in [5.74, 6) is -0.574. The average molecular weight is 907 g/mol. The van der Waals surface area contributed by atoms with Gasteiger partial charge in [0.25, 0.3) is 5.91 Å². The number of urea groups is 1. The lowest BCUT2D eigenvalue weighted by Gasteiger charge is -2.40. The van der Waals surface area contributed by atoms with Gasteiger partial charge in [0.05, 0.1) is 27.4 Å². The third-order valence-corrected chi connectivity index (χ3v) is 12.4. The minimum Gasteiger partial charge on any atom is -0.493 e. The molecule has 4 rings (SSSR count). The second-order valence-electron chi connectivity index (χ2n) is 18.0. The summed E-state index contributed by atoms with van der Waals surface area (Å²) in [6, 6.07) is 11.3. The molecule has 0 aliphatic carbocycles. The molecule has 0 unspecified atom stereocenters. The van der Waals surface area contributed by atoms with Gasteiger partial charge in [0, 0.05) is 38.0 Å². The van der Waals surface area contributed by atoms with Crippen molar-refractivity contribution in [2.24, 2.45) is 11.3 Å². The molecule has 2 aromatic rings. The second-order valence-corrected chi connectivity index (χ2v) is 18.0. The van der Waals surface area contributed by atoms with Gasteiger partial charge in [-0.25, -0.2) is 14.4 Å². The molecular weight excluding hydrogens is 833 g/mol. The van der Waals surface area contributed by atoms with Gasteiger partial charge >= 0.3 is 18.0 Å². The molecule has 15 nitrogen and oxygen atoms in total. The molecule has 2 fully saturated rings. The molecule has 3 atom stereocenters. The lowest BCUT2D eigenvalue weighted by Crippen LogP contribution is -2.57. The summed E-state index contributed by atoms with van der Waals surface area (Å²) in [7, 11) is 3.14. The number of likely N-dealkylation sites (tertiary alicyclic amines) is 1. The van der Waals surface area contributed by atoms with Gasteiger partial charge in [-0.05, 0) is 106 Å². The summed E-state index contributed by atoms with van der Waals surface area (Å²) in [6.07, 6.45) is 6.51. The van der Waals surface area contributed by atoms with Crippen LogP contribution in [0.4, 0.5) is 4.79 Å². The van der Waals surface area contributed by atoms with E-state index in [1.165, 1.54) is 4.90 Å². The van der Waals surface area contributed by atoms with Crippen LogP contribution < -0.4 is 19.5 Å². The Hall–Kier alpha value is -5.34. The van der Waals surface area contributed by atoms with E-state index in [-0.39, 0.29) is 37.0 Å². The monoisotopic (exact) mass is 907 g/mol. The van der Waals surface area contributed by atoms with Crippen molar-refractivity contribution in [1.82, 2.24) is 20.0 Å². The highest BCUT2D eigenvalue weighted by Gasteiger charge is 2.41. The smallest absolute Gasteiger partial charge is 0.329 e. The van der Waals surface area contributed by atoms with Gasteiger partial charge in [0.15, 0.2) is 11.5 Å². The predicted octanol–water partition coefficient (Wildman–Crippen LogP) is 7.47. The number of carbonyl (C=O) groups is 6. The van der Waals surface area contributed by atoms with Crippen molar-refractivity contribution in [3.8, 4) is 17.2 Å². The van der Waals surface area contributed by atoms with Gasteiger partial charge in [0.1, 0.15) is 30.5 Å². The van der Waals surface area contributed by atoms with Crippen molar-refractivity contribution in [3.63, 3.8) is 0 Å². The summed E-state index contributed by atoms with van der Waals surface area (Å²) in [5.41, 5.74) is 0.788. The minimum atomic E-state index is -0.882. The number of carbonyl (C=O) groups excluding carboxylic acids is 6. The van der Waals surface area contributed by atoms with E-state index in [1.54, 1.807) is 43.9 Å². The molecule has 2 aliphatic heterocycles. The van der Waals surface area contributed by atoms with Gasteiger partial charge in [-0.15, -0.1) is 0 Å². The van der Waals surface area contributed by atoms with Crippen LogP contribution in [0.5, 0.6) is 17.2 Å². The molecule has 0 radical (unpaired) electrons. The summed E-state index contributed by atoms with van der Waals surface area (Å²) in [5, 5.41) is 2.91. The van der Waals surface area contributed by atoms with Crippen molar-refractivity contribution < 1.29 is 52.5 Å². The Kier molecular flexibility index (Phi) is 20.9. The predicted molar refractivity (Wildman–Crippen MR) is 247 cm³/mol. The lowest BCUT2D eigenvalue weighted by atomic mass is 9.84. The van der Waals surface area contributed by atoms with Crippen LogP contribution >= 0.6 is 0 Å². The summed E-state index contributed by atoms with van der Waals surface area (Å²) in [6.45, 7) is 14.0. The summed E-state index contributed by atoms with van der Waals surface area (Å²) >= 11 is 0. The maximum Gasteiger partial charge on any atom is 0.329 e. The third kappa shape index (κ3) is 15.1.